The molecular formula is C17H20N2O2. The van der Waals surface area contributed by atoms with E-state index in [-0.39, 0.29) is 5.91 Å². The summed E-state index contributed by atoms with van der Waals surface area (Å²) in [5, 5.41) is 0. The van der Waals surface area contributed by atoms with Crippen molar-refractivity contribution in [2.75, 3.05) is 13.7 Å². The van der Waals surface area contributed by atoms with Gasteiger partial charge in [-0.3, -0.25) is 4.79 Å². The summed E-state index contributed by atoms with van der Waals surface area (Å²) in [6.07, 6.45) is 3.71. The first-order chi connectivity index (χ1) is 10.2. The van der Waals surface area contributed by atoms with Crippen LogP contribution in [0.25, 0.3) is 0 Å². The summed E-state index contributed by atoms with van der Waals surface area (Å²) < 4.78 is 7.12. The van der Waals surface area contributed by atoms with E-state index >= 15 is 0 Å². The van der Waals surface area contributed by atoms with E-state index in [1.807, 2.05) is 29.9 Å². The van der Waals surface area contributed by atoms with Crippen LogP contribution in [-0.4, -0.2) is 29.0 Å². The van der Waals surface area contributed by atoms with Gasteiger partial charge in [-0.1, -0.05) is 6.08 Å². The average molecular weight is 284 g/mol. The Morgan fingerprint density at radius 2 is 2.05 bits per heavy atom. The van der Waals surface area contributed by atoms with Gasteiger partial charge in [-0.05, 0) is 36.4 Å². The molecule has 1 heterocycles. The van der Waals surface area contributed by atoms with Gasteiger partial charge in [0, 0.05) is 31.0 Å². The van der Waals surface area contributed by atoms with Crippen molar-refractivity contribution in [2.45, 2.75) is 6.54 Å². The number of aromatic nitrogens is 1. The summed E-state index contributed by atoms with van der Waals surface area (Å²) in [4.78, 5) is 14.4. The fourth-order valence-electron chi connectivity index (χ4n) is 2.15. The quantitative estimate of drug-likeness (QED) is 0.764. The number of methoxy groups -OCH3 is 1. The molecule has 0 aliphatic carbocycles. The van der Waals surface area contributed by atoms with Gasteiger partial charge in [0.1, 0.15) is 5.75 Å². The molecule has 4 nitrogen and oxygen atoms in total. The highest BCUT2D eigenvalue weighted by Crippen LogP contribution is 2.15. The van der Waals surface area contributed by atoms with Crippen molar-refractivity contribution < 1.29 is 9.53 Å². The van der Waals surface area contributed by atoms with Crippen LogP contribution in [0.4, 0.5) is 0 Å². The average Bonchev–Trinajstić information content (AvgIpc) is 2.91. The molecule has 0 radical (unpaired) electrons. The number of carbonyl (C=O) groups excluding carboxylic acids is 1. The van der Waals surface area contributed by atoms with Gasteiger partial charge in [-0.15, -0.1) is 6.58 Å². The smallest absolute Gasteiger partial charge is 0.254 e. The summed E-state index contributed by atoms with van der Waals surface area (Å²) in [7, 11) is 3.58. The summed E-state index contributed by atoms with van der Waals surface area (Å²) in [6.45, 7) is 4.80. The van der Waals surface area contributed by atoms with E-state index < -0.39 is 0 Å². The molecule has 1 amide bonds. The summed E-state index contributed by atoms with van der Waals surface area (Å²) in [5.74, 6) is 0.725. The Kier molecular flexibility index (Phi) is 4.82. The van der Waals surface area contributed by atoms with E-state index in [4.69, 9.17) is 4.74 Å². The second kappa shape index (κ2) is 6.79. The summed E-state index contributed by atoms with van der Waals surface area (Å²) in [5.41, 5.74) is 1.73. The van der Waals surface area contributed by atoms with Crippen LogP contribution in [0, 0.1) is 0 Å². The maximum Gasteiger partial charge on any atom is 0.254 e. The minimum atomic E-state index is -0.0150. The highest BCUT2D eigenvalue weighted by Gasteiger charge is 2.16. The molecule has 0 fully saturated rings. The Labute approximate surface area is 125 Å². The number of carbonyl (C=O) groups is 1. The molecule has 0 spiro atoms. The Balaban J connectivity index is 2.18. The molecule has 1 aromatic carbocycles. The normalized spacial score (nSPS) is 10.2. The highest BCUT2D eigenvalue weighted by molar-refractivity contribution is 5.94. The van der Waals surface area contributed by atoms with Gasteiger partial charge in [0.25, 0.3) is 5.91 Å². The van der Waals surface area contributed by atoms with Crippen LogP contribution in [-0.2, 0) is 13.6 Å². The molecule has 4 heteroatoms. The van der Waals surface area contributed by atoms with Crippen molar-refractivity contribution in [3.63, 3.8) is 0 Å². The Hall–Kier alpha value is -2.49. The number of amides is 1. The third-order valence-corrected chi connectivity index (χ3v) is 3.38. The van der Waals surface area contributed by atoms with Crippen molar-refractivity contribution in [3.05, 3.63) is 66.5 Å². The van der Waals surface area contributed by atoms with E-state index in [0.717, 1.165) is 11.4 Å². The molecule has 0 atom stereocenters. The number of ether oxygens (including phenoxy) is 1. The van der Waals surface area contributed by atoms with Crippen LogP contribution in [0.2, 0.25) is 0 Å². The van der Waals surface area contributed by atoms with Crippen molar-refractivity contribution in [1.29, 1.82) is 0 Å². The summed E-state index contributed by atoms with van der Waals surface area (Å²) in [6, 6.07) is 11.1. The SMILES string of the molecule is C=CCN(Cc1cccn1C)C(=O)c1ccc(OC)cc1. The predicted octanol–water partition coefficient (Wildman–Crippen LogP) is 2.86. The minimum absolute atomic E-state index is 0.0150. The molecule has 0 saturated carbocycles. The molecule has 21 heavy (non-hydrogen) atoms. The van der Waals surface area contributed by atoms with Gasteiger partial charge in [0.2, 0.25) is 0 Å². The van der Waals surface area contributed by atoms with Crippen LogP contribution in [0.15, 0.2) is 55.3 Å². The first kappa shape index (κ1) is 14.9. The second-order valence-electron chi connectivity index (χ2n) is 4.81. The largest absolute Gasteiger partial charge is 0.497 e. The molecule has 2 rings (SSSR count). The lowest BCUT2D eigenvalue weighted by Crippen LogP contribution is -2.31. The van der Waals surface area contributed by atoms with Crippen LogP contribution >= 0.6 is 0 Å². The molecule has 0 aliphatic heterocycles. The lowest BCUT2D eigenvalue weighted by molar-refractivity contribution is 0.0759. The minimum Gasteiger partial charge on any atom is -0.497 e. The summed E-state index contributed by atoms with van der Waals surface area (Å²) >= 11 is 0. The molecular weight excluding hydrogens is 264 g/mol. The molecule has 0 N–H and O–H groups in total. The molecule has 110 valence electrons. The number of rotatable bonds is 6. The third-order valence-electron chi connectivity index (χ3n) is 3.38. The Morgan fingerprint density at radius 3 is 2.57 bits per heavy atom. The zero-order valence-electron chi connectivity index (χ0n) is 12.5. The van der Waals surface area contributed by atoms with Crippen LogP contribution < -0.4 is 4.74 Å². The molecule has 0 bridgehead atoms. The van der Waals surface area contributed by atoms with Gasteiger partial charge >= 0.3 is 0 Å². The standard InChI is InChI=1S/C17H20N2O2/c1-4-11-19(13-15-6-5-12-18(15)2)17(20)14-7-9-16(21-3)10-8-14/h4-10,12H,1,11,13H2,2-3H3. The van der Waals surface area contributed by atoms with Crippen molar-refractivity contribution >= 4 is 5.91 Å². The fourth-order valence-corrected chi connectivity index (χ4v) is 2.15. The predicted molar refractivity (Wildman–Crippen MR) is 83.3 cm³/mol. The van der Waals surface area contributed by atoms with Crippen molar-refractivity contribution in [3.8, 4) is 5.75 Å². The number of hydrogen-bond donors (Lipinski definition) is 0. The van der Waals surface area contributed by atoms with Gasteiger partial charge in [-0.25, -0.2) is 0 Å². The Bertz CT molecular complexity index is 614. The van der Waals surface area contributed by atoms with E-state index in [1.165, 1.54) is 0 Å². The number of hydrogen-bond acceptors (Lipinski definition) is 2. The molecule has 2 aromatic rings. The van der Waals surface area contributed by atoms with Gasteiger partial charge in [0.05, 0.1) is 13.7 Å². The number of nitrogens with zero attached hydrogens (tertiary/aromatic N) is 2. The molecule has 0 unspecified atom stereocenters. The van der Waals surface area contributed by atoms with Crippen molar-refractivity contribution in [2.24, 2.45) is 7.05 Å². The number of benzene rings is 1. The maximum absolute atomic E-state index is 12.6. The van der Waals surface area contributed by atoms with E-state index in [1.54, 1.807) is 42.4 Å². The van der Waals surface area contributed by atoms with Crippen molar-refractivity contribution in [1.82, 2.24) is 9.47 Å². The third kappa shape index (κ3) is 3.54. The molecule has 0 aliphatic rings. The zero-order valence-corrected chi connectivity index (χ0v) is 12.5. The lowest BCUT2D eigenvalue weighted by Gasteiger charge is -2.21. The second-order valence-corrected chi connectivity index (χ2v) is 4.81. The van der Waals surface area contributed by atoms with Crippen LogP contribution in [0.3, 0.4) is 0 Å². The monoisotopic (exact) mass is 284 g/mol. The maximum atomic E-state index is 12.6. The van der Waals surface area contributed by atoms with Gasteiger partial charge in [-0.2, -0.15) is 0 Å². The zero-order chi connectivity index (χ0) is 15.2. The van der Waals surface area contributed by atoms with Gasteiger partial charge < -0.3 is 14.2 Å². The van der Waals surface area contributed by atoms with Crippen LogP contribution in [0.1, 0.15) is 16.1 Å². The first-order valence-electron chi connectivity index (χ1n) is 6.80. The lowest BCUT2D eigenvalue weighted by atomic mass is 10.2. The van der Waals surface area contributed by atoms with E-state index in [2.05, 4.69) is 6.58 Å². The molecule has 1 aromatic heterocycles. The topological polar surface area (TPSA) is 34.5 Å². The van der Waals surface area contributed by atoms with Crippen LogP contribution in [0.5, 0.6) is 5.75 Å². The molecule has 0 saturated heterocycles. The highest BCUT2D eigenvalue weighted by atomic mass is 16.5. The van der Waals surface area contributed by atoms with E-state index in [0.29, 0.717) is 18.7 Å². The number of aryl methyl sites for hydroxylation is 1. The Morgan fingerprint density at radius 1 is 1.33 bits per heavy atom. The fraction of sp³-hybridized carbons (Fsp3) is 0.235. The van der Waals surface area contributed by atoms with E-state index in [9.17, 15) is 4.79 Å². The first-order valence-corrected chi connectivity index (χ1v) is 6.80. The van der Waals surface area contributed by atoms with Gasteiger partial charge in [0.15, 0.2) is 0 Å².